The number of rotatable bonds is 3. The zero-order chi connectivity index (χ0) is 13.2. The first-order chi connectivity index (χ1) is 9.28. The predicted molar refractivity (Wildman–Crippen MR) is 73.9 cm³/mol. The summed E-state index contributed by atoms with van der Waals surface area (Å²) in [5.41, 5.74) is 4.64. The Morgan fingerprint density at radius 1 is 1.42 bits per heavy atom. The quantitative estimate of drug-likeness (QED) is 0.917. The second-order valence-corrected chi connectivity index (χ2v) is 5.24. The van der Waals surface area contributed by atoms with E-state index in [0.717, 1.165) is 36.5 Å². The number of fused-ring (bicyclic) bond motifs is 1. The van der Waals surface area contributed by atoms with Gasteiger partial charge in [-0.1, -0.05) is 0 Å². The third kappa shape index (κ3) is 2.40. The molecule has 0 bridgehead atoms. The second kappa shape index (κ2) is 5.13. The summed E-state index contributed by atoms with van der Waals surface area (Å²) in [6.07, 6.45) is 6.71. The Morgan fingerprint density at radius 3 is 3.05 bits per heavy atom. The van der Waals surface area contributed by atoms with E-state index in [9.17, 15) is 0 Å². The van der Waals surface area contributed by atoms with Crippen LogP contribution < -0.4 is 5.32 Å². The fraction of sp³-hybridized carbons (Fsp3) is 0.467. The molecule has 1 unspecified atom stereocenters. The summed E-state index contributed by atoms with van der Waals surface area (Å²) >= 11 is 0. The maximum absolute atomic E-state index is 5.11. The summed E-state index contributed by atoms with van der Waals surface area (Å²) in [6.45, 7) is 3.16. The van der Waals surface area contributed by atoms with E-state index in [2.05, 4.69) is 17.2 Å². The van der Waals surface area contributed by atoms with E-state index in [-0.39, 0.29) is 0 Å². The topological polar surface area (TPSA) is 51.0 Å². The molecule has 4 heteroatoms. The first-order valence-corrected chi connectivity index (χ1v) is 6.81. The molecule has 0 fully saturated rings. The maximum Gasteiger partial charge on any atom is 0.162 e. The molecule has 0 saturated heterocycles. The van der Waals surface area contributed by atoms with Crippen molar-refractivity contribution >= 4 is 0 Å². The molecule has 0 aromatic carbocycles. The lowest BCUT2D eigenvalue weighted by molar-refractivity contribution is 0.433. The minimum Gasteiger partial charge on any atom is -0.472 e. The van der Waals surface area contributed by atoms with Crippen molar-refractivity contribution in [2.75, 3.05) is 13.6 Å². The van der Waals surface area contributed by atoms with Crippen molar-refractivity contribution < 1.29 is 4.42 Å². The Morgan fingerprint density at radius 2 is 2.32 bits per heavy atom. The molecule has 4 nitrogen and oxygen atoms in total. The molecule has 2 aromatic heterocycles. The van der Waals surface area contributed by atoms with Gasteiger partial charge in [0.05, 0.1) is 11.8 Å². The Bertz CT molecular complexity index is 563. The van der Waals surface area contributed by atoms with Gasteiger partial charge in [0.15, 0.2) is 5.82 Å². The summed E-state index contributed by atoms with van der Waals surface area (Å²) in [5.74, 6) is 1.50. The van der Waals surface area contributed by atoms with Crippen LogP contribution in [0.15, 0.2) is 23.0 Å². The van der Waals surface area contributed by atoms with Crippen LogP contribution in [0.1, 0.15) is 23.4 Å². The molecule has 0 amide bonds. The van der Waals surface area contributed by atoms with E-state index in [1.807, 2.05) is 13.1 Å². The molecule has 3 rings (SSSR count). The molecule has 0 spiro atoms. The first kappa shape index (κ1) is 12.4. The molecular formula is C15H19N3O. The number of nitrogens with one attached hydrogen (secondary N) is 1. The van der Waals surface area contributed by atoms with Gasteiger partial charge >= 0.3 is 0 Å². The molecule has 1 N–H and O–H groups in total. The van der Waals surface area contributed by atoms with Gasteiger partial charge in [0.1, 0.15) is 6.26 Å². The summed E-state index contributed by atoms with van der Waals surface area (Å²) < 4.78 is 5.11. The van der Waals surface area contributed by atoms with Crippen molar-refractivity contribution in [3.63, 3.8) is 0 Å². The number of hydrogen-bond donors (Lipinski definition) is 1. The highest BCUT2D eigenvalue weighted by Gasteiger charge is 2.22. The molecule has 2 heterocycles. The van der Waals surface area contributed by atoms with E-state index < -0.39 is 0 Å². The van der Waals surface area contributed by atoms with Crippen LogP contribution in [0.2, 0.25) is 0 Å². The van der Waals surface area contributed by atoms with E-state index in [0.29, 0.717) is 5.92 Å². The highest BCUT2D eigenvalue weighted by Crippen LogP contribution is 2.28. The van der Waals surface area contributed by atoms with Crippen molar-refractivity contribution in [1.82, 2.24) is 15.3 Å². The Kier molecular flexibility index (Phi) is 3.34. The largest absolute Gasteiger partial charge is 0.472 e. The van der Waals surface area contributed by atoms with Crippen molar-refractivity contribution in [3.05, 3.63) is 35.5 Å². The van der Waals surface area contributed by atoms with Gasteiger partial charge in [0.2, 0.25) is 0 Å². The first-order valence-electron chi connectivity index (χ1n) is 6.81. The number of aromatic nitrogens is 2. The van der Waals surface area contributed by atoms with Gasteiger partial charge in [-0.15, -0.1) is 0 Å². The molecule has 0 radical (unpaired) electrons. The normalized spacial score (nSPS) is 18.3. The fourth-order valence-electron chi connectivity index (χ4n) is 2.84. The van der Waals surface area contributed by atoms with E-state index in [1.54, 1.807) is 12.5 Å². The van der Waals surface area contributed by atoms with Gasteiger partial charge in [0.25, 0.3) is 0 Å². The van der Waals surface area contributed by atoms with Gasteiger partial charge in [0, 0.05) is 11.4 Å². The Labute approximate surface area is 113 Å². The van der Waals surface area contributed by atoms with Gasteiger partial charge in [-0.05, 0) is 57.3 Å². The molecular weight excluding hydrogens is 238 g/mol. The summed E-state index contributed by atoms with van der Waals surface area (Å²) in [4.78, 5) is 9.35. The van der Waals surface area contributed by atoms with Crippen LogP contribution in [-0.2, 0) is 12.8 Å². The zero-order valence-electron chi connectivity index (χ0n) is 11.4. The van der Waals surface area contributed by atoms with Gasteiger partial charge < -0.3 is 9.73 Å². The van der Waals surface area contributed by atoms with Crippen molar-refractivity contribution in [2.45, 2.75) is 26.2 Å². The van der Waals surface area contributed by atoms with Crippen LogP contribution in [0.5, 0.6) is 0 Å². The fourth-order valence-corrected chi connectivity index (χ4v) is 2.84. The summed E-state index contributed by atoms with van der Waals surface area (Å²) in [6, 6.07) is 1.91. The van der Waals surface area contributed by atoms with Crippen LogP contribution in [0.4, 0.5) is 0 Å². The van der Waals surface area contributed by atoms with Crippen molar-refractivity contribution in [3.8, 4) is 11.4 Å². The molecule has 1 aliphatic carbocycles. The summed E-state index contributed by atoms with van der Waals surface area (Å²) in [7, 11) is 2.01. The van der Waals surface area contributed by atoms with E-state index in [1.165, 1.54) is 17.7 Å². The molecule has 19 heavy (non-hydrogen) atoms. The van der Waals surface area contributed by atoms with E-state index >= 15 is 0 Å². The predicted octanol–water partition coefficient (Wildman–Crippen LogP) is 2.37. The average Bonchev–Trinajstić information content (AvgIpc) is 2.93. The second-order valence-electron chi connectivity index (χ2n) is 5.24. The molecule has 100 valence electrons. The van der Waals surface area contributed by atoms with Gasteiger partial charge in [-0.25, -0.2) is 9.97 Å². The van der Waals surface area contributed by atoms with E-state index in [4.69, 9.17) is 9.40 Å². The SMILES string of the molecule is CNCC1CCc2nc(-c3ccoc3)nc(C)c2C1. The lowest BCUT2D eigenvalue weighted by Gasteiger charge is -2.25. The number of aryl methyl sites for hydroxylation is 2. The highest BCUT2D eigenvalue weighted by molar-refractivity contribution is 5.54. The highest BCUT2D eigenvalue weighted by atomic mass is 16.3. The standard InChI is InChI=1S/C15H19N3O/c1-10-13-7-11(8-16-2)3-4-14(13)18-15(17-10)12-5-6-19-9-12/h5-6,9,11,16H,3-4,7-8H2,1-2H3. The molecule has 2 aromatic rings. The van der Waals surface area contributed by atoms with Gasteiger partial charge in [-0.3, -0.25) is 0 Å². The zero-order valence-corrected chi connectivity index (χ0v) is 11.4. The molecule has 1 atom stereocenters. The number of hydrogen-bond acceptors (Lipinski definition) is 4. The number of furan rings is 1. The minimum atomic E-state index is 0.708. The third-order valence-electron chi connectivity index (χ3n) is 3.85. The van der Waals surface area contributed by atoms with Crippen molar-refractivity contribution in [2.24, 2.45) is 5.92 Å². The smallest absolute Gasteiger partial charge is 0.162 e. The molecule has 0 aliphatic heterocycles. The summed E-state index contributed by atoms with van der Waals surface area (Å²) in [5, 5.41) is 3.27. The Balaban J connectivity index is 1.94. The average molecular weight is 257 g/mol. The van der Waals surface area contributed by atoms with Crippen LogP contribution in [0, 0.1) is 12.8 Å². The van der Waals surface area contributed by atoms with Crippen LogP contribution in [-0.4, -0.2) is 23.6 Å². The Hall–Kier alpha value is -1.68. The monoisotopic (exact) mass is 257 g/mol. The van der Waals surface area contributed by atoms with Crippen LogP contribution in [0.25, 0.3) is 11.4 Å². The number of nitrogens with zero attached hydrogens (tertiary/aromatic N) is 2. The molecule has 1 aliphatic rings. The molecule has 0 saturated carbocycles. The lowest BCUT2D eigenvalue weighted by atomic mass is 9.85. The third-order valence-corrected chi connectivity index (χ3v) is 3.85. The van der Waals surface area contributed by atoms with Crippen LogP contribution >= 0.6 is 0 Å². The minimum absolute atomic E-state index is 0.708. The van der Waals surface area contributed by atoms with Crippen molar-refractivity contribution in [1.29, 1.82) is 0 Å². The van der Waals surface area contributed by atoms with Gasteiger partial charge in [-0.2, -0.15) is 0 Å². The maximum atomic E-state index is 5.11. The van der Waals surface area contributed by atoms with Crippen LogP contribution in [0.3, 0.4) is 0 Å². The lowest BCUT2D eigenvalue weighted by Crippen LogP contribution is -2.26.